The first-order valence-corrected chi connectivity index (χ1v) is 9.22. The fourth-order valence-electron chi connectivity index (χ4n) is 4.04. The van der Waals surface area contributed by atoms with Crippen LogP contribution in [-0.2, 0) is 15.9 Å². The van der Waals surface area contributed by atoms with Gasteiger partial charge in [0.05, 0.1) is 20.1 Å². The molecule has 1 N–H and O–H groups in total. The molecule has 0 amide bonds. The quantitative estimate of drug-likeness (QED) is 0.870. The van der Waals surface area contributed by atoms with Gasteiger partial charge in [0.1, 0.15) is 12.5 Å². The minimum atomic E-state index is -0.372. The monoisotopic (exact) mass is 367 g/mol. The van der Waals surface area contributed by atoms with Gasteiger partial charge in [0.25, 0.3) is 0 Å². The summed E-state index contributed by atoms with van der Waals surface area (Å²) in [6.45, 7) is 2.99. The van der Waals surface area contributed by atoms with Gasteiger partial charge in [-0.15, -0.1) is 0 Å². The molecule has 0 spiro atoms. The van der Waals surface area contributed by atoms with Crippen molar-refractivity contribution in [3.05, 3.63) is 71.2 Å². The fraction of sp³-hybridized carbons (Fsp3) is 0.364. The lowest BCUT2D eigenvalue weighted by Crippen LogP contribution is -2.38. The number of methoxy groups -OCH3 is 2. The van der Waals surface area contributed by atoms with Gasteiger partial charge < -0.3 is 24.3 Å². The summed E-state index contributed by atoms with van der Waals surface area (Å²) in [7, 11) is 3.34. The molecule has 5 heteroatoms. The maximum atomic E-state index is 5.78. The van der Waals surface area contributed by atoms with Crippen molar-refractivity contribution < 1.29 is 18.9 Å². The van der Waals surface area contributed by atoms with Gasteiger partial charge in [0, 0.05) is 6.04 Å². The van der Waals surface area contributed by atoms with Crippen molar-refractivity contribution in [2.75, 3.05) is 20.8 Å². The van der Waals surface area contributed by atoms with Gasteiger partial charge in [0.2, 0.25) is 6.29 Å². The summed E-state index contributed by atoms with van der Waals surface area (Å²) in [4.78, 5) is 0. The lowest BCUT2D eigenvalue weighted by Gasteiger charge is -2.36. The second kappa shape index (κ2) is 7.53. The Labute approximate surface area is 159 Å². The Bertz CT molecular complexity index is 840. The third-order valence-electron chi connectivity index (χ3n) is 5.30. The third kappa shape index (κ3) is 3.35. The minimum Gasteiger partial charge on any atom is -0.493 e. The molecule has 2 aliphatic heterocycles. The Balaban J connectivity index is 1.80. The molecule has 27 heavy (non-hydrogen) atoms. The highest BCUT2D eigenvalue weighted by atomic mass is 16.7. The SMILES string of the molecule is COc1cc2c(cc1OC)C(C(c1cccc(C)c1)C1OC=CO1)NCC2. The number of benzene rings is 2. The average Bonchev–Trinajstić information content (AvgIpc) is 3.21. The summed E-state index contributed by atoms with van der Waals surface area (Å²) < 4.78 is 22.6. The molecule has 2 atom stereocenters. The summed E-state index contributed by atoms with van der Waals surface area (Å²) in [6.07, 6.45) is 3.80. The van der Waals surface area contributed by atoms with Crippen LogP contribution in [0.3, 0.4) is 0 Å². The molecule has 2 aromatic carbocycles. The molecule has 4 rings (SSSR count). The van der Waals surface area contributed by atoms with Crippen LogP contribution in [0.5, 0.6) is 11.5 Å². The van der Waals surface area contributed by atoms with Crippen molar-refractivity contribution in [1.82, 2.24) is 5.32 Å². The molecule has 0 saturated heterocycles. The number of hydrogen-bond donors (Lipinski definition) is 1. The van der Waals surface area contributed by atoms with E-state index in [0.29, 0.717) is 0 Å². The minimum absolute atomic E-state index is 0.00273. The zero-order valence-electron chi connectivity index (χ0n) is 15.9. The van der Waals surface area contributed by atoms with Gasteiger partial charge in [-0.3, -0.25) is 0 Å². The highest BCUT2D eigenvalue weighted by Crippen LogP contribution is 2.43. The first kappa shape index (κ1) is 17.7. The van der Waals surface area contributed by atoms with E-state index in [0.717, 1.165) is 24.5 Å². The van der Waals surface area contributed by atoms with Crippen LogP contribution in [0.4, 0.5) is 0 Å². The van der Waals surface area contributed by atoms with E-state index >= 15 is 0 Å². The molecule has 2 aromatic rings. The Morgan fingerprint density at radius 1 is 1.04 bits per heavy atom. The van der Waals surface area contributed by atoms with Gasteiger partial charge in [0.15, 0.2) is 11.5 Å². The van der Waals surface area contributed by atoms with Crippen LogP contribution < -0.4 is 14.8 Å². The summed E-state index contributed by atoms with van der Waals surface area (Å²) in [5, 5.41) is 3.67. The van der Waals surface area contributed by atoms with Crippen LogP contribution in [0.2, 0.25) is 0 Å². The highest BCUT2D eigenvalue weighted by Gasteiger charge is 2.38. The summed E-state index contributed by atoms with van der Waals surface area (Å²) in [6, 6.07) is 12.7. The number of rotatable bonds is 5. The predicted octanol–water partition coefficient (Wildman–Crippen LogP) is 3.83. The summed E-state index contributed by atoms with van der Waals surface area (Å²) in [5.74, 6) is 1.50. The Morgan fingerprint density at radius 3 is 2.48 bits per heavy atom. The Hall–Kier alpha value is -2.66. The van der Waals surface area contributed by atoms with Crippen molar-refractivity contribution in [2.45, 2.75) is 31.6 Å². The molecule has 0 radical (unpaired) electrons. The van der Waals surface area contributed by atoms with Gasteiger partial charge in [-0.2, -0.15) is 0 Å². The summed E-state index contributed by atoms with van der Waals surface area (Å²) >= 11 is 0. The molecule has 0 saturated carbocycles. The van der Waals surface area contributed by atoms with Gasteiger partial charge >= 0.3 is 0 Å². The molecule has 0 bridgehead atoms. The van der Waals surface area contributed by atoms with E-state index in [4.69, 9.17) is 18.9 Å². The molecule has 142 valence electrons. The van der Waals surface area contributed by atoms with E-state index < -0.39 is 0 Å². The van der Waals surface area contributed by atoms with E-state index in [1.54, 1.807) is 26.7 Å². The van der Waals surface area contributed by atoms with Crippen LogP contribution in [-0.4, -0.2) is 27.1 Å². The molecule has 0 aliphatic carbocycles. The van der Waals surface area contributed by atoms with Crippen LogP contribution >= 0.6 is 0 Å². The average molecular weight is 367 g/mol. The maximum absolute atomic E-state index is 5.78. The maximum Gasteiger partial charge on any atom is 0.248 e. The zero-order valence-corrected chi connectivity index (χ0v) is 15.9. The Kier molecular flexibility index (Phi) is 4.94. The zero-order chi connectivity index (χ0) is 18.8. The molecular formula is C22H25NO4. The predicted molar refractivity (Wildman–Crippen MR) is 103 cm³/mol. The highest BCUT2D eigenvalue weighted by molar-refractivity contribution is 5.50. The first-order valence-electron chi connectivity index (χ1n) is 9.22. The number of fused-ring (bicyclic) bond motifs is 1. The fourth-order valence-corrected chi connectivity index (χ4v) is 4.04. The second-order valence-electron chi connectivity index (χ2n) is 6.94. The van der Waals surface area contributed by atoms with Gasteiger partial charge in [-0.05, 0) is 48.7 Å². The van der Waals surface area contributed by atoms with E-state index in [1.807, 2.05) is 0 Å². The topological polar surface area (TPSA) is 49.0 Å². The van der Waals surface area contributed by atoms with Crippen molar-refractivity contribution >= 4 is 0 Å². The van der Waals surface area contributed by atoms with E-state index in [1.165, 1.54) is 22.3 Å². The van der Waals surface area contributed by atoms with Crippen LogP contribution in [0.25, 0.3) is 0 Å². The number of aryl methyl sites for hydroxylation is 1. The van der Waals surface area contributed by atoms with Crippen molar-refractivity contribution in [3.8, 4) is 11.5 Å². The van der Waals surface area contributed by atoms with Crippen molar-refractivity contribution in [1.29, 1.82) is 0 Å². The normalized spacial score (nSPS) is 19.7. The molecule has 2 heterocycles. The number of ether oxygens (including phenoxy) is 4. The number of nitrogens with one attached hydrogen (secondary N) is 1. The van der Waals surface area contributed by atoms with E-state index in [2.05, 4.69) is 48.6 Å². The standard InChI is InChI=1S/C22H25NO4/c1-14-5-4-6-16(11-14)20(22-26-9-10-27-22)21-17-13-19(25-3)18(24-2)12-15(17)7-8-23-21/h4-6,9-13,20-23H,7-8H2,1-3H3. The van der Waals surface area contributed by atoms with Crippen LogP contribution in [0.15, 0.2) is 48.9 Å². The largest absolute Gasteiger partial charge is 0.493 e. The smallest absolute Gasteiger partial charge is 0.248 e. The van der Waals surface area contributed by atoms with E-state index in [9.17, 15) is 0 Å². The first-order chi connectivity index (χ1) is 13.2. The molecule has 2 unspecified atom stereocenters. The second-order valence-corrected chi connectivity index (χ2v) is 6.94. The van der Waals surface area contributed by atoms with E-state index in [-0.39, 0.29) is 18.2 Å². The lowest BCUT2D eigenvalue weighted by molar-refractivity contribution is -0.0525. The van der Waals surface area contributed by atoms with Crippen LogP contribution in [0, 0.1) is 6.92 Å². The van der Waals surface area contributed by atoms with Crippen molar-refractivity contribution in [3.63, 3.8) is 0 Å². The van der Waals surface area contributed by atoms with Crippen LogP contribution in [0.1, 0.15) is 34.2 Å². The van der Waals surface area contributed by atoms with Crippen molar-refractivity contribution in [2.24, 2.45) is 0 Å². The lowest BCUT2D eigenvalue weighted by atomic mass is 9.81. The molecule has 0 aromatic heterocycles. The number of hydrogen-bond acceptors (Lipinski definition) is 5. The van der Waals surface area contributed by atoms with Gasteiger partial charge in [-0.1, -0.05) is 29.8 Å². The summed E-state index contributed by atoms with van der Waals surface area (Å²) in [5.41, 5.74) is 4.86. The molecule has 5 nitrogen and oxygen atoms in total. The molecule has 2 aliphatic rings. The molecule has 0 fully saturated rings. The molecular weight excluding hydrogens is 342 g/mol. The van der Waals surface area contributed by atoms with Gasteiger partial charge in [-0.25, -0.2) is 0 Å². The third-order valence-corrected chi connectivity index (χ3v) is 5.30. The Morgan fingerprint density at radius 2 is 1.78 bits per heavy atom.